The molecule has 3 aromatic heterocycles. The number of nitrogens with one attached hydrogen (secondary N) is 1. The van der Waals surface area contributed by atoms with Crippen LogP contribution < -0.4 is 23.2 Å². The first kappa shape index (κ1) is 25.6. The van der Waals surface area contributed by atoms with Gasteiger partial charge in [0.05, 0.1) is 25.1 Å². The second-order valence-electron chi connectivity index (χ2n) is 7.04. The lowest BCUT2D eigenvalue weighted by atomic mass is 10.1. The molecule has 11 nitrogen and oxygen atoms in total. The zero-order valence-electron chi connectivity index (χ0n) is 19.2. The Hall–Kier alpha value is -3.49. The maximum Gasteiger partial charge on any atom is 0.325 e. The molecule has 1 N–H and O–H groups in total. The number of rotatable bonds is 11. The van der Waals surface area contributed by atoms with Crippen LogP contribution in [0, 0.1) is 0 Å². The highest BCUT2D eigenvalue weighted by Crippen LogP contribution is 2.35. The van der Waals surface area contributed by atoms with Gasteiger partial charge in [0.2, 0.25) is 5.88 Å². The van der Waals surface area contributed by atoms with Gasteiger partial charge in [-0.1, -0.05) is 28.1 Å². The zero-order chi connectivity index (χ0) is 25.5. The average molecular weight is 593 g/mol. The summed E-state index contributed by atoms with van der Waals surface area (Å²) in [4.78, 5) is 16.5. The molecule has 0 aliphatic rings. The summed E-state index contributed by atoms with van der Waals surface area (Å²) in [5.41, 5.74) is 1.04. The molecule has 0 aliphatic carbocycles. The Morgan fingerprint density at radius 3 is 2.42 bits per heavy atom. The van der Waals surface area contributed by atoms with Crippen molar-refractivity contribution in [1.29, 1.82) is 0 Å². The fourth-order valence-corrected chi connectivity index (χ4v) is 5.07. The largest absolute Gasteiger partial charge is 0.494 e. The summed E-state index contributed by atoms with van der Waals surface area (Å²) in [6, 6.07) is 10.9. The van der Waals surface area contributed by atoms with E-state index in [-0.39, 0.29) is 30.9 Å². The van der Waals surface area contributed by atoms with Crippen LogP contribution in [0.25, 0.3) is 11.1 Å². The van der Waals surface area contributed by atoms with E-state index in [1.54, 1.807) is 29.6 Å². The maximum atomic E-state index is 13.1. The van der Waals surface area contributed by atoms with Gasteiger partial charge >= 0.3 is 16.2 Å². The molecule has 3 heterocycles. The van der Waals surface area contributed by atoms with E-state index in [2.05, 4.69) is 40.6 Å². The minimum absolute atomic E-state index is 0.0742. The molecule has 0 saturated carbocycles. The topological polar surface area (TPSA) is 129 Å². The van der Waals surface area contributed by atoms with E-state index in [0.717, 1.165) is 8.78 Å². The monoisotopic (exact) mass is 592 g/mol. The summed E-state index contributed by atoms with van der Waals surface area (Å²) in [6.45, 7) is 0.218. The highest BCUT2D eigenvalue weighted by Gasteiger charge is 2.24. The van der Waals surface area contributed by atoms with Crippen LogP contribution in [0.2, 0.25) is 0 Å². The molecule has 0 aliphatic heterocycles. The fraction of sp³-hybridized carbons (Fsp3) is 0.182. The molecule has 0 radical (unpaired) electrons. The molecule has 4 rings (SSSR count). The van der Waals surface area contributed by atoms with Gasteiger partial charge in [0.1, 0.15) is 24.5 Å². The van der Waals surface area contributed by atoms with Gasteiger partial charge in [-0.2, -0.15) is 18.4 Å². The number of hydrogen-bond acceptors (Lipinski definition) is 10. The molecule has 0 fully saturated rings. The first-order chi connectivity index (χ1) is 17.4. The van der Waals surface area contributed by atoms with Gasteiger partial charge in [-0.3, -0.25) is 0 Å². The average Bonchev–Trinajstić information content (AvgIpc) is 3.42. The van der Waals surface area contributed by atoms with Gasteiger partial charge < -0.3 is 14.2 Å². The van der Waals surface area contributed by atoms with Crippen LogP contribution in [-0.4, -0.2) is 55.7 Å². The Balaban J connectivity index is 1.56. The summed E-state index contributed by atoms with van der Waals surface area (Å²) < 4.78 is 47.1. The SMILES string of the molecule is COc1cnc(OCCOc2ncnc(NS(=O)(=O)N(C)c3cccs3)c2-c2ccc(Br)cc2)nc1. The van der Waals surface area contributed by atoms with Gasteiger partial charge in [0, 0.05) is 11.5 Å². The normalized spacial score (nSPS) is 11.1. The molecule has 14 heteroatoms. The molecule has 0 unspecified atom stereocenters. The van der Waals surface area contributed by atoms with E-state index in [9.17, 15) is 8.42 Å². The Morgan fingerprint density at radius 1 is 1.03 bits per heavy atom. The molecule has 4 aromatic rings. The van der Waals surface area contributed by atoms with Crippen molar-refractivity contribution in [3.63, 3.8) is 0 Å². The molecule has 1 aromatic carbocycles. The van der Waals surface area contributed by atoms with Crippen molar-refractivity contribution in [3.05, 3.63) is 65.0 Å². The van der Waals surface area contributed by atoms with Crippen molar-refractivity contribution in [3.8, 4) is 28.8 Å². The minimum atomic E-state index is -3.97. The summed E-state index contributed by atoms with van der Waals surface area (Å²) in [5, 5.41) is 2.35. The van der Waals surface area contributed by atoms with Gasteiger partial charge in [-0.05, 0) is 35.2 Å². The highest BCUT2D eigenvalue weighted by atomic mass is 79.9. The summed E-state index contributed by atoms with van der Waals surface area (Å²) in [6.07, 6.45) is 4.21. The van der Waals surface area contributed by atoms with E-state index >= 15 is 0 Å². The number of anilines is 2. The number of thiophene rings is 1. The molecular weight excluding hydrogens is 572 g/mol. The number of aromatic nitrogens is 4. The van der Waals surface area contributed by atoms with E-state index in [1.165, 1.54) is 44.2 Å². The molecule has 0 atom stereocenters. The van der Waals surface area contributed by atoms with E-state index in [0.29, 0.717) is 21.9 Å². The number of methoxy groups -OCH3 is 1. The maximum absolute atomic E-state index is 13.1. The van der Waals surface area contributed by atoms with Gasteiger partial charge in [-0.15, -0.1) is 11.3 Å². The quantitative estimate of drug-likeness (QED) is 0.257. The third-order valence-corrected chi connectivity index (χ3v) is 7.70. The van der Waals surface area contributed by atoms with Crippen LogP contribution in [0.1, 0.15) is 0 Å². The Morgan fingerprint density at radius 2 is 1.75 bits per heavy atom. The second kappa shape index (κ2) is 11.5. The lowest BCUT2D eigenvalue weighted by Gasteiger charge is -2.20. The Labute approximate surface area is 220 Å². The molecule has 0 amide bonds. The van der Waals surface area contributed by atoms with Gasteiger partial charge in [0.25, 0.3) is 0 Å². The number of hydrogen-bond donors (Lipinski definition) is 1. The van der Waals surface area contributed by atoms with Crippen molar-refractivity contribution in [2.45, 2.75) is 0 Å². The summed E-state index contributed by atoms with van der Waals surface area (Å²) in [7, 11) is -0.988. The standard InChI is InChI=1S/C22H21BrN6O5S2/c1-29(18-4-3-11-35-18)36(30,31)28-20-19(15-5-7-16(23)8-6-15)21(27-14-26-20)33-9-10-34-22-24-12-17(32-2)13-25-22/h3-8,11-14H,9-10H2,1-2H3,(H,26,27,28). The first-order valence-electron chi connectivity index (χ1n) is 10.4. The van der Waals surface area contributed by atoms with Crippen LogP contribution in [-0.2, 0) is 10.2 Å². The van der Waals surface area contributed by atoms with Crippen molar-refractivity contribution in [1.82, 2.24) is 19.9 Å². The van der Waals surface area contributed by atoms with Crippen molar-refractivity contribution >= 4 is 48.3 Å². The van der Waals surface area contributed by atoms with Crippen molar-refractivity contribution in [2.24, 2.45) is 0 Å². The third kappa shape index (κ3) is 6.19. The van der Waals surface area contributed by atoms with E-state index in [4.69, 9.17) is 14.2 Å². The molecule has 36 heavy (non-hydrogen) atoms. The smallest absolute Gasteiger partial charge is 0.325 e. The lowest BCUT2D eigenvalue weighted by molar-refractivity contribution is 0.201. The summed E-state index contributed by atoms with van der Waals surface area (Å²) >= 11 is 4.71. The van der Waals surface area contributed by atoms with Crippen LogP contribution in [0.5, 0.6) is 17.6 Å². The number of benzene rings is 1. The molecule has 0 bridgehead atoms. The summed E-state index contributed by atoms with van der Waals surface area (Å²) in [5.74, 6) is 0.770. The van der Waals surface area contributed by atoms with Crippen LogP contribution in [0.4, 0.5) is 10.8 Å². The van der Waals surface area contributed by atoms with Crippen LogP contribution in [0.15, 0.2) is 65.0 Å². The second-order valence-corrected chi connectivity index (χ2v) is 10.6. The number of nitrogens with zero attached hydrogens (tertiary/aromatic N) is 5. The van der Waals surface area contributed by atoms with Crippen molar-refractivity contribution < 1.29 is 22.6 Å². The fourth-order valence-electron chi connectivity index (χ4n) is 2.95. The van der Waals surface area contributed by atoms with Crippen LogP contribution in [0.3, 0.4) is 0 Å². The highest BCUT2D eigenvalue weighted by molar-refractivity contribution is 9.10. The van der Waals surface area contributed by atoms with E-state index in [1.807, 2.05) is 12.1 Å². The predicted molar refractivity (Wildman–Crippen MR) is 140 cm³/mol. The third-order valence-electron chi connectivity index (χ3n) is 4.74. The van der Waals surface area contributed by atoms with Gasteiger partial charge in [0.15, 0.2) is 11.6 Å². The van der Waals surface area contributed by atoms with Gasteiger partial charge in [-0.25, -0.2) is 19.0 Å². The minimum Gasteiger partial charge on any atom is -0.494 e. The zero-order valence-corrected chi connectivity index (χ0v) is 22.4. The molecule has 0 saturated heterocycles. The molecule has 188 valence electrons. The number of ether oxygens (including phenoxy) is 3. The van der Waals surface area contributed by atoms with E-state index < -0.39 is 10.2 Å². The Kier molecular flexibility index (Phi) is 8.18. The lowest BCUT2D eigenvalue weighted by Crippen LogP contribution is -2.32. The van der Waals surface area contributed by atoms with Crippen molar-refractivity contribution in [2.75, 3.05) is 36.4 Å². The van der Waals surface area contributed by atoms with Crippen LogP contribution >= 0.6 is 27.3 Å². The predicted octanol–water partition coefficient (Wildman–Crippen LogP) is 4.02. The molecular formula is C22H21BrN6O5S2. The number of halogens is 1. The first-order valence-corrected chi connectivity index (χ1v) is 13.5. The Bertz CT molecular complexity index is 1390. The molecule has 0 spiro atoms.